The number of amides is 3. The molecule has 2 aliphatic heterocycles. The molecule has 2 heterocycles. The first-order valence-electron chi connectivity index (χ1n) is 13.9. The van der Waals surface area contributed by atoms with Gasteiger partial charge in [0.25, 0.3) is 5.91 Å². The Kier molecular flexibility index (Phi) is 8.16. The summed E-state index contributed by atoms with van der Waals surface area (Å²) in [5.41, 5.74) is 4.25. The van der Waals surface area contributed by atoms with Crippen LogP contribution in [0.3, 0.4) is 0 Å². The fourth-order valence-corrected chi connectivity index (χ4v) is 5.19. The number of hydrogen-bond acceptors (Lipinski definition) is 6. The first kappa shape index (κ1) is 26.7. The van der Waals surface area contributed by atoms with E-state index in [0.29, 0.717) is 18.7 Å². The monoisotopic (exact) mass is 529 g/mol. The molecule has 0 bridgehead atoms. The average Bonchev–Trinajstić information content (AvgIpc) is 3.78. The van der Waals surface area contributed by atoms with E-state index in [-0.39, 0.29) is 11.9 Å². The summed E-state index contributed by atoms with van der Waals surface area (Å²) < 4.78 is 0. The molecule has 0 radical (unpaired) electrons. The van der Waals surface area contributed by atoms with Gasteiger partial charge in [0, 0.05) is 64.6 Å². The second-order valence-corrected chi connectivity index (χ2v) is 10.6. The van der Waals surface area contributed by atoms with Crippen molar-refractivity contribution in [1.82, 2.24) is 20.1 Å². The maximum absolute atomic E-state index is 13.7. The third-order valence-corrected chi connectivity index (χ3v) is 7.70. The number of fused-ring (bicyclic) bond motifs is 1. The lowest BCUT2D eigenvalue weighted by Crippen LogP contribution is -2.51. The summed E-state index contributed by atoms with van der Waals surface area (Å²) in [5.74, 6) is 1.61. The molecule has 39 heavy (non-hydrogen) atoms. The van der Waals surface area contributed by atoms with E-state index < -0.39 is 0 Å². The van der Waals surface area contributed by atoms with E-state index in [2.05, 4.69) is 20.6 Å². The SMILES string of the molecule is C/C=N\N(C)C1=CCN(C(=O)c2ccc(CNC(=O)N3CCN(CC4CC4)CC3)c(C)c2)c2ccccc2N1. The standard InChI is InChI=1S/C30H39N7O2/c1-4-32-34(3)28-13-14-37(27-8-6-5-7-26(27)33-28)29(38)24-11-12-25(22(2)19-24)20-31-30(39)36-17-15-35(16-18-36)21-23-9-10-23/h4-8,11-13,19,23,33H,9-10,14-18,20-21H2,1-3H3,(H,31,39)/b32-4-. The Labute approximate surface area is 231 Å². The van der Waals surface area contributed by atoms with Crippen LogP contribution < -0.4 is 15.5 Å². The lowest BCUT2D eigenvalue weighted by atomic mass is 10.0. The van der Waals surface area contributed by atoms with Gasteiger partial charge in [-0.05, 0) is 74.1 Å². The minimum atomic E-state index is -0.0776. The number of piperazine rings is 1. The van der Waals surface area contributed by atoms with Gasteiger partial charge < -0.3 is 20.4 Å². The molecule has 1 saturated heterocycles. The van der Waals surface area contributed by atoms with Crippen LogP contribution in [0.1, 0.15) is 41.3 Å². The number of anilines is 2. The quantitative estimate of drug-likeness (QED) is 0.417. The van der Waals surface area contributed by atoms with E-state index in [9.17, 15) is 9.59 Å². The number of nitrogens with zero attached hydrogens (tertiary/aromatic N) is 5. The Bertz CT molecular complexity index is 1260. The van der Waals surface area contributed by atoms with Crippen molar-refractivity contribution in [2.75, 3.05) is 56.5 Å². The first-order valence-corrected chi connectivity index (χ1v) is 13.9. The van der Waals surface area contributed by atoms with Crippen molar-refractivity contribution in [2.24, 2.45) is 11.0 Å². The Morgan fingerprint density at radius 3 is 2.62 bits per heavy atom. The highest BCUT2D eigenvalue weighted by atomic mass is 16.2. The summed E-state index contributed by atoms with van der Waals surface area (Å²) in [5, 5.41) is 12.6. The zero-order valence-corrected chi connectivity index (χ0v) is 23.2. The molecule has 2 fully saturated rings. The maximum atomic E-state index is 13.7. The van der Waals surface area contributed by atoms with Crippen molar-refractivity contribution in [3.8, 4) is 0 Å². The van der Waals surface area contributed by atoms with E-state index >= 15 is 0 Å². The Balaban J connectivity index is 1.22. The lowest BCUT2D eigenvalue weighted by Gasteiger charge is -2.34. The second-order valence-electron chi connectivity index (χ2n) is 10.6. The number of rotatable bonds is 7. The molecule has 0 unspecified atom stereocenters. The molecule has 5 rings (SSSR count). The Morgan fingerprint density at radius 1 is 1.13 bits per heavy atom. The number of aryl methyl sites for hydroxylation is 1. The molecule has 1 saturated carbocycles. The van der Waals surface area contributed by atoms with Crippen LogP contribution in [-0.4, -0.2) is 79.3 Å². The van der Waals surface area contributed by atoms with Crippen molar-refractivity contribution in [1.29, 1.82) is 0 Å². The van der Waals surface area contributed by atoms with Gasteiger partial charge in [-0.1, -0.05) is 18.2 Å². The Morgan fingerprint density at radius 2 is 1.90 bits per heavy atom. The van der Waals surface area contributed by atoms with E-state index in [1.807, 2.05) is 74.3 Å². The lowest BCUT2D eigenvalue weighted by molar-refractivity contribution is 0.0989. The number of nitrogens with one attached hydrogen (secondary N) is 2. The van der Waals surface area contributed by atoms with Gasteiger partial charge in [0.15, 0.2) is 0 Å². The van der Waals surface area contributed by atoms with Gasteiger partial charge in [0.05, 0.1) is 11.4 Å². The maximum Gasteiger partial charge on any atom is 0.317 e. The zero-order chi connectivity index (χ0) is 27.4. The average molecular weight is 530 g/mol. The molecule has 0 spiro atoms. The summed E-state index contributed by atoms with van der Waals surface area (Å²) in [7, 11) is 1.87. The molecule has 2 aromatic carbocycles. The molecule has 0 atom stereocenters. The summed E-state index contributed by atoms with van der Waals surface area (Å²) in [4.78, 5) is 32.6. The van der Waals surface area contributed by atoms with Crippen molar-refractivity contribution in [3.63, 3.8) is 0 Å². The molecule has 206 valence electrons. The molecule has 3 amide bonds. The van der Waals surface area contributed by atoms with Gasteiger partial charge >= 0.3 is 6.03 Å². The fourth-order valence-electron chi connectivity index (χ4n) is 5.19. The molecule has 9 heteroatoms. The normalized spacial score (nSPS) is 17.8. The predicted octanol–water partition coefficient (Wildman–Crippen LogP) is 4.08. The van der Waals surface area contributed by atoms with Crippen LogP contribution in [0.2, 0.25) is 0 Å². The molecule has 2 N–H and O–H groups in total. The molecular formula is C30H39N7O2. The predicted molar refractivity (Wildman–Crippen MR) is 156 cm³/mol. The van der Waals surface area contributed by atoms with Crippen LogP contribution in [0.4, 0.5) is 16.2 Å². The van der Waals surface area contributed by atoms with Gasteiger partial charge in [0.1, 0.15) is 5.82 Å². The van der Waals surface area contributed by atoms with Crippen LogP contribution in [0.15, 0.2) is 59.5 Å². The van der Waals surface area contributed by atoms with Gasteiger partial charge in [-0.3, -0.25) is 14.7 Å². The molecule has 1 aliphatic carbocycles. The van der Waals surface area contributed by atoms with Gasteiger partial charge in [-0.15, -0.1) is 0 Å². The van der Waals surface area contributed by atoms with Crippen LogP contribution in [-0.2, 0) is 6.54 Å². The number of hydrazone groups is 1. The number of para-hydroxylation sites is 2. The fraction of sp³-hybridized carbons (Fsp3) is 0.433. The molecule has 9 nitrogen and oxygen atoms in total. The van der Waals surface area contributed by atoms with Crippen LogP contribution in [0.5, 0.6) is 0 Å². The molecule has 2 aromatic rings. The molecule has 3 aliphatic rings. The molecule has 0 aromatic heterocycles. The number of carbonyl (C=O) groups is 2. The van der Waals surface area contributed by atoms with E-state index in [1.165, 1.54) is 19.4 Å². The van der Waals surface area contributed by atoms with Crippen LogP contribution >= 0.6 is 0 Å². The van der Waals surface area contributed by atoms with E-state index in [0.717, 1.165) is 60.4 Å². The number of hydrogen-bond donors (Lipinski definition) is 2. The number of benzene rings is 2. The summed E-state index contributed by atoms with van der Waals surface area (Å²) in [6, 6.07) is 13.5. The van der Waals surface area contributed by atoms with Gasteiger partial charge in [-0.25, -0.2) is 4.79 Å². The van der Waals surface area contributed by atoms with Gasteiger partial charge in [0.2, 0.25) is 0 Å². The third kappa shape index (κ3) is 6.42. The van der Waals surface area contributed by atoms with Crippen LogP contribution in [0, 0.1) is 12.8 Å². The molecular weight excluding hydrogens is 490 g/mol. The number of carbonyl (C=O) groups excluding carboxylic acids is 2. The summed E-state index contributed by atoms with van der Waals surface area (Å²) in [6.07, 6.45) is 6.41. The highest BCUT2D eigenvalue weighted by Crippen LogP contribution is 2.32. The van der Waals surface area contributed by atoms with Crippen molar-refractivity contribution < 1.29 is 9.59 Å². The largest absolute Gasteiger partial charge is 0.339 e. The smallest absolute Gasteiger partial charge is 0.317 e. The summed E-state index contributed by atoms with van der Waals surface area (Å²) >= 11 is 0. The van der Waals surface area contributed by atoms with Crippen molar-refractivity contribution >= 4 is 29.5 Å². The van der Waals surface area contributed by atoms with E-state index in [4.69, 9.17) is 0 Å². The van der Waals surface area contributed by atoms with Crippen molar-refractivity contribution in [2.45, 2.75) is 33.2 Å². The van der Waals surface area contributed by atoms with Gasteiger partial charge in [-0.2, -0.15) is 5.10 Å². The number of urea groups is 1. The minimum absolute atomic E-state index is 0.0192. The third-order valence-electron chi connectivity index (χ3n) is 7.70. The minimum Gasteiger partial charge on any atom is -0.339 e. The topological polar surface area (TPSA) is 83.5 Å². The van der Waals surface area contributed by atoms with E-state index in [1.54, 1.807) is 16.1 Å². The van der Waals surface area contributed by atoms with Crippen molar-refractivity contribution in [3.05, 3.63) is 71.1 Å². The zero-order valence-electron chi connectivity index (χ0n) is 23.2. The highest BCUT2D eigenvalue weighted by molar-refractivity contribution is 6.08. The summed E-state index contributed by atoms with van der Waals surface area (Å²) in [6.45, 7) is 9.33. The second kappa shape index (κ2) is 11.9. The van der Waals surface area contributed by atoms with Crippen LogP contribution in [0.25, 0.3) is 0 Å². The Hall–Kier alpha value is -3.85. The highest BCUT2D eigenvalue weighted by Gasteiger charge is 2.28. The first-order chi connectivity index (χ1) is 18.9.